The number of benzene rings is 2. The third-order valence-electron chi connectivity index (χ3n) is 4.41. The van der Waals surface area contributed by atoms with E-state index in [1.165, 1.54) is 25.2 Å². The second kappa shape index (κ2) is 6.18. The SMILES string of the molecule is CN1C(=O)c2ccc(C(=O)NCC3COc4ccccc4O3)cc2C1=O. The lowest BCUT2D eigenvalue weighted by molar-refractivity contribution is 0.0693. The van der Waals surface area contributed by atoms with E-state index in [0.29, 0.717) is 29.2 Å². The van der Waals surface area contributed by atoms with E-state index in [9.17, 15) is 14.4 Å². The van der Waals surface area contributed by atoms with Gasteiger partial charge in [-0.05, 0) is 30.3 Å². The summed E-state index contributed by atoms with van der Waals surface area (Å²) in [5, 5.41) is 2.77. The summed E-state index contributed by atoms with van der Waals surface area (Å²) in [6.07, 6.45) is -0.308. The molecule has 1 unspecified atom stereocenters. The third-order valence-corrected chi connectivity index (χ3v) is 4.41. The average Bonchev–Trinajstić information content (AvgIpc) is 2.89. The zero-order valence-corrected chi connectivity index (χ0v) is 14.0. The summed E-state index contributed by atoms with van der Waals surface area (Å²) in [7, 11) is 1.42. The number of hydrogen-bond acceptors (Lipinski definition) is 5. The highest BCUT2D eigenvalue weighted by Gasteiger charge is 2.33. The number of fused-ring (bicyclic) bond motifs is 2. The van der Waals surface area contributed by atoms with Crippen LogP contribution in [0.25, 0.3) is 0 Å². The molecule has 2 aliphatic heterocycles. The fraction of sp³-hybridized carbons (Fsp3) is 0.211. The summed E-state index contributed by atoms with van der Waals surface area (Å²) < 4.78 is 11.4. The van der Waals surface area contributed by atoms with Crippen molar-refractivity contribution < 1.29 is 23.9 Å². The molecule has 0 spiro atoms. The smallest absolute Gasteiger partial charge is 0.261 e. The lowest BCUT2D eigenvalue weighted by Crippen LogP contribution is -2.40. The number of amides is 3. The van der Waals surface area contributed by atoms with Crippen molar-refractivity contribution in [3.63, 3.8) is 0 Å². The van der Waals surface area contributed by atoms with E-state index >= 15 is 0 Å². The van der Waals surface area contributed by atoms with Gasteiger partial charge in [-0.2, -0.15) is 0 Å². The van der Waals surface area contributed by atoms with E-state index in [4.69, 9.17) is 9.47 Å². The molecular formula is C19H16N2O5. The zero-order valence-electron chi connectivity index (χ0n) is 14.0. The van der Waals surface area contributed by atoms with Gasteiger partial charge in [0.1, 0.15) is 12.7 Å². The molecule has 0 fully saturated rings. The molecule has 7 nitrogen and oxygen atoms in total. The van der Waals surface area contributed by atoms with Crippen LogP contribution in [0.1, 0.15) is 31.1 Å². The first-order valence-electron chi connectivity index (χ1n) is 8.17. The minimum absolute atomic E-state index is 0.247. The largest absolute Gasteiger partial charge is 0.486 e. The molecule has 2 aromatic carbocycles. The molecule has 3 amide bonds. The number of ether oxygens (including phenoxy) is 2. The van der Waals surface area contributed by atoms with Crippen molar-refractivity contribution in [3.05, 3.63) is 59.2 Å². The molecule has 0 saturated heterocycles. The maximum absolute atomic E-state index is 12.4. The zero-order chi connectivity index (χ0) is 18.3. The molecule has 7 heteroatoms. The van der Waals surface area contributed by atoms with Crippen LogP contribution in [0.5, 0.6) is 11.5 Å². The van der Waals surface area contributed by atoms with Crippen LogP contribution in [0.2, 0.25) is 0 Å². The molecule has 4 rings (SSSR count). The molecule has 2 aliphatic rings. The van der Waals surface area contributed by atoms with Gasteiger partial charge in [-0.25, -0.2) is 0 Å². The Balaban J connectivity index is 1.42. The van der Waals surface area contributed by atoms with Gasteiger partial charge in [-0.15, -0.1) is 0 Å². The van der Waals surface area contributed by atoms with Crippen LogP contribution in [0.15, 0.2) is 42.5 Å². The number of rotatable bonds is 3. The molecule has 132 valence electrons. The fourth-order valence-corrected chi connectivity index (χ4v) is 2.97. The van der Waals surface area contributed by atoms with E-state index in [-0.39, 0.29) is 30.0 Å². The van der Waals surface area contributed by atoms with Crippen LogP contribution in [0.3, 0.4) is 0 Å². The number of nitrogens with one attached hydrogen (secondary N) is 1. The van der Waals surface area contributed by atoms with Crippen molar-refractivity contribution in [2.45, 2.75) is 6.10 Å². The molecular weight excluding hydrogens is 336 g/mol. The van der Waals surface area contributed by atoms with E-state index < -0.39 is 5.91 Å². The minimum atomic E-state index is -0.403. The van der Waals surface area contributed by atoms with Gasteiger partial charge in [0.05, 0.1) is 17.7 Å². The molecule has 1 N–H and O–H groups in total. The predicted octanol–water partition coefficient (Wildman–Crippen LogP) is 1.48. The van der Waals surface area contributed by atoms with Gasteiger partial charge in [-0.3, -0.25) is 19.3 Å². The lowest BCUT2D eigenvalue weighted by atomic mass is 10.1. The lowest BCUT2D eigenvalue weighted by Gasteiger charge is -2.26. The summed E-state index contributed by atoms with van der Waals surface area (Å²) in [6, 6.07) is 11.8. The van der Waals surface area contributed by atoms with E-state index in [0.717, 1.165) is 4.90 Å². The fourth-order valence-electron chi connectivity index (χ4n) is 2.97. The molecule has 26 heavy (non-hydrogen) atoms. The Morgan fingerprint density at radius 1 is 1.12 bits per heavy atom. The second-order valence-corrected chi connectivity index (χ2v) is 6.14. The summed E-state index contributed by atoms with van der Waals surface area (Å²) in [5.41, 5.74) is 0.878. The van der Waals surface area contributed by atoms with Gasteiger partial charge in [0, 0.05) is 12.6 Å². The van der Waals surface area contributed by atoms with Gasteiger partial charge in [0.25, 0.3) is 17.7 Å². The van der Waals surface area contributed by atoms with Crippen molar-refractivity contribution in [2.75, 3.05) is 20.2 Å². The van der Waals surface area contributed by atoms with Crippen LogP contribution in [0, 0.1) is 0 Å². The van der Waals surface area contributed by atoms with Crippen LogP contribution >= 0.6 is 0 Å². The molecule has 1 atom stereocenters. The maximum Gasteiger partial charge on any atom is 0.261 e. The van der Waals surface area contributed by atoms with Gasteiger partial charge in [-0.1, -0.05) is 12.1 Å². The number of nitrogens with zero attached hydrogens (tertiary/aromatic N) is 1. The number of imide groups is 1. The Bertz CT molecular complexity index is 924. The number of carbonyl (C=O) groups excluding carboxylic acids is 3. The molecule has 2 aromatic rings. The van der Waals surface area contributed by atoms with E-state index in [2.05, 4.69) is 5.32 Å². The summed E-state index contributed by atoms with van der Waals surface area (Å²) >= 11 is 0. The summed E-state index contributed by atoms with van der Waals surface area (Å²) in [5.74, 6) is 0.220. The van der Waals surface area contributed by atoms with Gasteiger partial charge < -0.3 is 14.8 Å². The Labute approximate surface area is 149 Å². The second-order valence-electron chi connectivity index (χ2n) is 6.14. The summed E-state index contributed by atoms with van der Waals surface area (Å²) in [6.45, 7) is 0.594. The van der Waals surface area contributed by atoms with Crippen LogP contribution in [-0.4, -0.2) is 48.9 Å². The maximum atomic E-state index is 12.4. The van der Waals surface area contributed by atoms with Gasteiger partial charge in [0.15, 0.2) is 11.5 Å². The Morgan fingerprint density at radius 2 is 1.85 bits per heavy atom. The van der Waals surface area contributed by atoms with Crippen molar-refractivity contribution in [1.82, 2.24) is 10.2 Å². The predicted molar refractivity (Wildman–Crippen MR) is 91.6 cm³/mol. The molecule has 0 aromatic heterocycles. The quantitative estimate of drug-likeness (QED) is 0.846. The average molecular weight is 352 g/mol. The minimum Gasteiger partial charge on any atom is -0.486 e. The topological polar surface area (TPSA) is 84.9 Å². The molecule has 0 aliphatic carbocycles. The highest BCUT2D eigenvalue weighted by atomic mass is 16.6. The number of para-hydroxylation sites is 2. The van der Waals surface area contributed by atoms with E-state index in [1.807, 2.05) is 24.3 Å². The number of hydrogen-bond donors (Lipinski definition) is 1. The standard InChI is InChI=1S/C19H16N2O5/c1-21-18(23)13-7-6-11(8-14(13)19(21)24)17(22)20-9-12-10-25-15-4-2-3-5-16(15)26-12/h2-8,12H,9-10H2,1H3,(H,20,22). The molecule has 2 heterocycles. The molecule has 0 saturated carbocycles. The Kier molecular flexibility index (Phi) is 3.84. The van der Waals surface area contributed by atoms with Crippen LogP contribution < -0.4 is 14.8 Å². The van der Waals surface area contributed by atoms with E-state index in [1.54, 1.807) is 0 Å². The molecule has 0 radical (unpaired) electrons. The highest BCUT2D eigenvalue weighted by Crippen LogP contribution is 2.30. The van der Waals surface area contributed by atoms with Gasteiger partial charge in [0.2, 0.25) is 0 Å². The third kappa shape index (κ3) is 2.67. The first-order valence-corrected chi connectivity index (χ1v) is 8.17. The normalized spacial score (nSPS) is 17.9. The Morgan fingerprint density at radius 3 is 2.65 bits per heavy atom. The Hall–Kier alpha value is -3.35. The highest BCUT2D eigenvalue weighted by molar-refractivity contribution is 6.21. The van der Waals surface area contributed by atoms with Crippen LogP contribution in [-0.2, 0) is 0 Å². The van der Waals surface area contributed by atoms with Crippen LogP contribution in [0.4, 0.5) is 0 Å². The van der Waals surface area contributed by atoms with Gasteiger partial charge >= 0.3 is 0 Å². The summed E-state index contributed by atoms with van der Waals surface area (Å²) in [4.78, 5) is 37.4. The molecule has 0 bridgehead atoms. The first kappa shape index (κ1) is 16.1. The van der Waals surface area contributed by atoms with Crippen molar-refractivity contribution >= 4 is 17.7 Å². The van der Waals surface area contributed by atoms with Crippen molar-refractivity contribution in [1.29, 1.82) is 0 Å². The monoisotopic (exact) mass is 352 g/mol. The van der Waals surface area contributed by atoms with Crippen molar-refractivity contribution in [3.8, 4) is 11.5 Å². The first-order chi connectivity index (χ1) is 12.5. The van der Waals surface area contributed by atoms with Crippen molar-refractivity contribution in [2.24, 2.45) is 0 Å². The number of carbonyl (C=O) groups is 3.